The van der Waals surface area contributed by atoms with Crippen molar-refractivity contribution in [3.8, 4) is 0 Å². The Morgan fingerprint density at radius 2 is 2.08 bits per heavy atom. The van der Waals surface area contributed by atoms with Crippen molar-refractivity contribution in [2.75, 3.05) is 24.5 Å². The average Bonchev–Trinajstić information content (AvgIpc) is 3.13. The van der Waals surface area contributed by atoms with Gasteiger partial charge in [0.2, 0.25) is 17.7 Å². The fraction of sp³-hybridized carbons (Fsp3) is 0.500. The number of primary amides is 1. The van der Waals surface area contributed by atoms with Crippen LogP contribution in [0.2, 0.25) is 0 Å². The van der Waals surface area contributed by atoms with E-state index in [4.69, 9.17) is 5.73 Å². The molecule has 2 saturated heterocycles. The summed E-state index contributed by atoms with van der Waals surface area (Å²) in [6.07, 6.45) is 1.74. The van der Waals surface area contributed by atoms with Crippen molar-refractivity contribution in [2.24, 2.45) is 17.6 Å². The number of anilines is 1. The first-order valence-corrected chi connectivity index (χ1v) is 8.42. The molecule has 1 aromatic rings. The SMILES string of the molecule is C[C@@H]1CN(C(=O)Cc2cccc(N3CCCC3=O)c2)C[C@H]1C(N)=O. The molecule has 3 rings (SSSR count). The van der Waals surface area contributed by atoms with Crippen LogP contribution in [0.25, 0.3) is 0 Å². The van der Waals surface area contributed by atoms with E-state index in [2.05, 4.69) is 0 Å². The number of carbonyl (C=O) groups is 3. The summed E-state index contributed by atoms with van der Waals surface area (Å²) < 4.78 is 0. The fourth-order valence-electron chi connectivity index (χ4n) is 3.58. The van der Waals surface area contributed by atoms with Crippen molar-refractivity contribution < 1.29 is 14.4 Å². The van der Waals surface area contributed by atoms with Gasteiger partial charge in [0.05, 0.1) is 12.3 Å². The lowest BCUT2D eigenvalue weighted by atomic mass is 9.98. The summed E-state index contributed by atoms with van der Waals surface area (Å²) in [4.78, 5) is 39.3. The largest absolute Gasteiger partial charge is 0.369 e. The summed E-state index contributed by atoms with van der Waals surface area (Å²) >= 11 is 0. The molecule has 0 bridgehead atoms. The third kappa shape index (κ3) is 3.27. The number of carbonyl (C=O) groups excluding carboxylic acids is 3. The molecule has 2 aliphatic rings. The van der Waals surface area contributed by atoms with Gasteiger partial charge in [0.15, 0.2) is 0 Å². The summed E-state index contributed by atoms with van der Waals surface area (Å²) in [5, 5.41) is 0. The van der Waals surface area contributed by atoms with Crippen molar-refractivity contribution in [3.63, 3.8) is 0 Å². The molecular formula is C18H23N3O3. The number of nitrogens with zero attached hydrogens (tertiary/aromatic N) is 2. The van der Waals surface area contributed by atoms with E-state index in [-0.39, 0.29) is 36.0 Å². The third-order valence-corrected chi connectivity index (χ3v) is 4.98. The second-order valence-corrected chi connectivity index (χ2v) is 6.78. The van der Waals surface area contributed by atoms with Gasteiger partial charge < -0.3 is 15.5 Å². The molecule has 0 spiro atoms. The molecule has 0 saturated carbocycles. The van der Waals surface area contributed by atoms with Crippen molar-refractivity contribution in [2.45, 2.75) is 26.2 Å². The third-order valence-electron chi connectivity index (χ3n) is 4.98. The maximum absolute atomic E-state index is 12.5. The van der Waals surface area contributed by atoms with E-state index < -0.39 is 0 Å². The highest BCUT2D eigenvalue weighted by Crippen LogP contribution is 2.25. The Labute approximate surface area is 141 Å². The molecule has 0 unspecified atom stereocenters. The molecule has 0 aliphatic carbocycles. The summed E-state index contributed by atoms with van der Waals surface area (Å²) in [6.45, 7) is 3.65. The van der Waals surface area contributed by atoms with Crippen LogP contribution in [0.4, 0.5) is 5.69 Å². The minimum absolute atomic E-state index is 0.00417. The van der Waals surface area contributed by atoms with E-state index in [1.54, 1.807) is 9.80 Å². The van der Waals surface area contributed by atoms with Crippen molar-refractivity contribution in [1.29, 1.82) is 0 Å². The topological polar surface area (TPSA) is 83.7 Å². The van der Waals surface area contributed by atoms with E-state index >= 15 is 0 Å². The number of rotatable bonds is 4. The molecule has 2 fully saturated rings. The Balaban J connectivity index is 1.67. The van der Waals surface area contributed by atoms with Crippen molar-refractivity contribution in [1.82, 2.24) is 4.90 Å². The fourth-order valence-corrected chi connectivity index (χ4v) is 3.58. The molecule has 1 aromatic carbocycles. The van der Waals surface area contributed by atoms with Gasteiger partial charge in [-0.15, -0.1) is 0 Å². The van der Waals surface area contributed by atoms with Crippen molar-refractivity contribution >= 4 is 23.4 Å². The Bertz CT molecular complexity index is 673. The number of benzene rings is 1. The molecule has 2 aliphatic heterocycles. The van der Waals surface area contributed by atoms with Gasteiger partial charge in [-0.2, -0.15) is 0 Å². The first-order chi connectivity index (χ1) is 11.5. The van der Waals surface area contributed by atoms with Gasteiger partial charge in [0.25, 0.3) is 0 Å². The number of hydrogen-bond donors (Lipinski definition) is 1. The molecule has 128 valence electrons. The molecule has 2 N–H and O–H groups in total. The van der Waals surface area contributed by atoms with Crippen LogP contribution in [0.15, 0.2) is 24.3 Å². The van der Waals surface area contributed by atoms with Crippen LogP contribution in [0.5, 0.6) is 0 Å². The molecule has 6 nitrogen and oxygen atoms in total. The zero-order chi connectivity index (χ0) is 17.3. The van der Waals surface area contributed by atoms with Gasteiger partial charge in [-0.25, -0.2) is 0 Å². The second kappa shape index (κ2) is 6.63. The van der Waals surface area contributed by atoms with Gasteiger partial charge in [-0.3, -0.25) is 14.4 Å². The van der Waals surface area contributed by atoms with Gasteiger partial charge in [-0.1, -0.05) is 19.1 Å². The van der Waals surface area contributed by atoms with E-state index in [0.29, 0.717) is 19.5 Å². The summed E-state index contributed by atoms with van der Waals surface area (Å²) in [5.41, 5.74) is 7.13. The zero-order valence-corrected chi connectivity index (χ0v) is 13.9. The quantitative estimate of drug-likeness (QED) is 0.892. The maximum Gasteiger partial charge on any atom is 0.227 e. The van der Waals surface area contributed by atoms with E-state index in [9.17, 15) is 14.4 Å². The lowest BCUT2D eigenvalue weighted by Gasteiger charge is -2.18. The molecular weight excluding hydrogens is 306 g/mol. The van der Waals surface area contributed by atoms with Crippen molar-refractivity contribution in [3.05, 3.63) is 29.8 Å². The van der Waals surface area contributed by atoms with Gasteiger partial charge in [0, 0.05) is 31.7 Å². The van der Waals surface area contributed by atoms with Crippen LogP contribution in [0, 0.1) is 11.8 Å². The number of hydrogen-bond acceptors (Lipinski definition) is 3. The maximum atomic E-state index is 12.5. The minimum atomic E-state index is -0.340. The number of amides is 3. The van der Waals surface area contributed by atoms with Gasteiger partial charge in [-0.05, 0) is 30.0 Å². The van der Waals surface area contributed by atoms with Crippen LogP contribution < -0.4 is 10.6 Å². The highest BCUT2D eigenvalue weighted by Gasteiger charge is 2.35. The monoisotopic (exact) mass is 329 g/mol. The van der Waals surface area contributed by atoms with Crippen LogP contribution in [-0.2, 0) is 20.8 Å². The Morgan fingerprint density at radius 1 is 1.29 bits per heavy atom. The summed E-state index contributed by atoms with van der Waals surface area (Å²) in [7, 11) is 0. The molecule has 0 aromatic heterocycles. The lowest BCUT2D eigenvalue weighted by Crippen LogP contribution is -2.32. The normalized spacial score (nSPS) is 23.8. The van der Waals surface area contributed by atoms with Crippen LogP contribution in [0.3, 0.4) is 0 Å². The predicted octanol–water partition coefficient (Wildman–Crippen LogP) is 0.936. The zero-order valence-electron chi connectivity index (χ0n) is 13.9. The highest BCUT2D eigenvalue weighted by molar-refractivity contribution is 5.95. The van der Waals surface area contributed by atoms with Gasteiger partial charge in [0.1, 0.15) is 0 Å². The van der Waals surface area contributed by atoms with Crippen LogP contribution in [-0.4, -0.2) is 42.3 Å². The second-order valence-electron chi connectivity index (χ2n) is 6.78. The number of likely N-dealkylation sites (tertiary alicyclic amines) is 1. The number of nitrogens with two attached hydrogens (primary N) is 1. The van der Waals surface area contributed by atoms with E-state index in [0.717, 1.165) is 24.2 Å². The molecule has 0 radical (unpaired) electrons. The minimum Gasteiger partial charge on any atom is -0.369 e. The Hall–Kier alpha value is -2.37. The summed E-state index contributed by atoms with van der Waals surface area (Å²) in [5.74, 6) is -0.374. The molecule has 3 amide bonds. The van der Waals surface area contributed by atoms with Crippen LogP contribution >= 0.6 is 0 Å². The predicted molar refractivity (Wildman–Crippen MR) is 90.2 cm³/mol. The molecule has 24 heavy (non-hydrogen) atoms. The first-order valence-electron chi connectivity index (χ1n) is 8.42. The smallest absolute Gasteiger partial charge is 0.227 e. The van der Waals surface area contributed by atoms with E-state index in [1.807, 2.05) is 31.2 Å². The van der Waals surface area contributed by atoms with Gasteiger partial charge >= 0.3 is 0 Å². The molecule has 2 atom stereocenters. The summed E-state index contributed by atoms with van der Waals surface area (Å²) in [6, 6.07) is 7.58. The highest BCUT2D eigenvalue weighted by atomic mass is 16.2. The Morgan fingerprint density at radius 3 is 2.71 bits per heavy atom. The molecule has 2 heterocycles. The first kappa shape index (κ1) is 16.5. The van der Waals surface area contributed by atoms with E-state index in [1.165, 1.54) is 0 Å². The Kier molecular flexibility index (Phi) is 4.55. The average molecular weight is 329 g/mol. The lowest BCUT2D eigenvalue weighted by molar-refractivity contribution is -0.129. The standard InChI is InChI=1S/C18H23N3O3/c1-12-10-20(11-15(12)18(19)24)17(23)9-13-4-2-5-14(8-13)21-7-3-6-16(21)22/h2,4-5,8,12,15H,3,6-7,9-11H2,1H3,(H2,19,24)/t12-,15-/m1/s1. The molecule has 6 heteroatoms. The van der Waals surface area contributed by atoms with Crippen LogP contribution in [0.1, 0.15) is 25.3 Å².